The summed E-state index contributed by atoms with van der Waals surface area (Å²) < 4.78 is 26.2. The zero-order chi connectivity index (χ0) is 14.8. The van der Waals surface area contributed by atoms with E-state index in [-0.39, 0.29) is 6.04 Å². The lowest BCUT2D eigenvalue weighted by molar-refractivity contribution is 0.506. The highest BCUT2D eigenvalue weighted by atomic mass is 19.2. The molecular weight excluding hydrogens is 270 g/mol. The molecule has 0 saturated carbocycles. The molecule has 106 valence electrons. The van der Waals surface area contributed by atoms with Gasteiger partial charge in [0.2, 0.25) is 0 Å². The molecule has 3 aromatic rings. The highest BCUT2D eigenvalue weighted by molar-refractivity contribution is 5.85. The summed E-state index contributed by atoms with van der Waals surface area (Å²) in [6.07, 6.45) is 3.94. The Kier molecular flexibility index (Phi) is 3.62. The van der Waals surface area contributed by atoms with Crippen LogP contribution in [0.4, 0.5) is 8.78 Å². The van der Waals surface area contributed by atoms with Crippen LogP contribution in [0.15, 0.2) is 54.9 Å². The lowest BCUT2D eigenvalue weighted by Gasteiger charge is -2.15. The van der Waals surface area contributed by atoms with Gasteiger partial charge >= 0.3 is 0 Å². The van der Waals surface area contributed by atoms with Crippen molar-refractivity contribution in [2.45, 2.75) is 12.5 Å². The second kappa shape index (κ2) is 5.58. The van der Waals surface area contributed by atoms with Crippen molar-refractivity contribution in [3.05, 3.63) is 77.6 Å². The summed E-state index contributed by atoms with van der Waals surface area (Å²) in [6, 6.07) is 11.4. The van der Waals surface area contributed by atoms with E-state index in [2.05, 4.69) is 4.98 Å². The van der Waals surface area contributed by atoms with Crippen LogP contribution in [0, 0.1) is 11.6 Å². The van der Waals surface area contributed by atoms with E-state index in [1.54, 1.807) is 18.5 Å². The van der Waals surface area contributed by atoms with Gasteiger partial charge in [-0.3, -0.25) is 4.98 Å². The smallest absolute Gasteiger partial charge is 0.159 e. The van der Waals surface area contributed by atoms with Crippen LogP contribution in [0.25, 0.3) is 10.8 Å². The van der Waals surface area contributed by atoms with E-state index in [0.717, 1.165) is 22.4 Å². The van der Waals surface area contributed by atoms with Crippen molar-refractivity contribution in [3.63, 3.8) is 0 Å². The Morgan fingerprint density at radius 2 is 1.90 bits per heavy atom. The highest BCUT2D eigenvalue weighted by Crippen LogP contribution is 2.25. The molecule has 0 radical (unpaired) electrons. The zero-order valence-electron chi connectivity index (χ0n) is 11.3. The average molecular weight is 284 g/mol. The standard InChI is InChI=1S/C17H14F2N2/c18-15-5-4-11(8-16(15)19)9-17(20)13-3-1-2-12-6-7-21-10-14(12)13/h1-8,10,17H,9,20H2. The third-order valence-corrected chi connectivity index (χ3v) is 3.56. The Hall–Kier alpha value is -2.33. The fraction of sp³-hybridized carbons (Fsp3) is 0.118. The summed E-state index contributed by atoms with van der Waals surface area (Å²) in [6.45, 7) is 0. The lowest BCUT2D eigenvalue weighted by atomic mass is 9.95. The number of nitrogens with zero attached hydrogens (tertiary/aromatic N) is 1. The largest absolute Gasteiger partial charge is 0.324 e. The number of hydrogen-bond acceptors (Lipinski definition) is 2. The van der Waals surface area contributed by atoms with E-state index >= 15 is 0 Å². The van der Waals surface area contributed by atoms with Crippen molar-refractivity contribution in [3.8, 4) is 0 Å². The third kappa shape index (κ3) is 2.76. The van der Waals surface area contributed by atoms with Crippen molar-refractivity contribution in [2.24, 2.45) is 5.73 Å². The highest BCUT2D eigenvalue weighted by Gasteiger charge is 2.12. The lowest BCUT2D eigenvalue weighted by Crippen LogP contribution is -2.14. The number of nitrogens with two attached hydrogens (primary N) is 1. The number of benzene rings is 2. The fourth-order valence-electron chi connectivity index (χ4n) is 2.49. The maximum absolute atomic E-state index is 13.3. The van der Waals surface area contributed by atoms with Gasteiger partial charge < -0.3 is 5.73 Å². The van der Waals surface area contributed by atoms with Gasteiger partial charge in [-0.05, 0) is 41.1 Å². The normalized spacial score (nSPS) is 12.5. The third-order valence-electron chi connectivity index (χ3n) is 3.56. The van der Waals surface area contributed by atoms with Crippen LogP contribution < -0.4 is 5.73 Å². The van der Waals surface area contributed by atoms with Crippen molar-refractivity contribution < 1.29 is 8.78 Å². The number of pyridine rings is 1. The van der Waals surface area contributed by atoms with Gasteiger partial charge in [0.15, 0.2) is 11.6 Å². The van der Waals surface area contributed by atoms with Crippen LogP contribution in [0.3, 0.4) is 0 Å². The molecule has 1 atom stereocenters. The molecule has 1 aromatic heterocycles. The summed E-state index contributed by atoms with van der Waals surface area (Å²) in [5.41, 5.74) is 7.86. The molecule has 1 unspecified atom stereocenters. The number of aromatic nitrogens is 1. The Morgan fingerprint density at radius 1 is 1.05 bits per heavy atom. The molecule has 0 aliphatic heterocycles. The Balaban J connectivity index is 1.93. The first kappa shape index (κ1) is 13.6. The minimum absolute atomic E-state index is 0.303. The van der Waals surface area contributed by atoms with Crippen molar-refractivity contribution >= 4 is 10.8 Å². The molecule has 0 bridgehead atoms. The first-order valence-electron chi connectivity index (χ1n) is 6.67. The molecule has 0 aliphatic rings. The molecule has 0 aliphatic carbocycles. The predicted molar refractivity (Wildman–Crippen MR) is 78.7 cm³/mol. The van der Waals surface area contributed by atoms with Crippen molar-refractivity contribution in [1.29, 1.82) is 0 Å². The first-order chi connectivity index (χ1) is 10.1. The van der Waals surface area contributed by atoms with Crippen LogP contribution in [0.2, 0.25) is 0 Å². The maximum Gasteiger partial charge on any atom is 0.159 e. The van der Waals surface area contributed by atoms with E-state index in [4.69, 9.17) is 5.73 Å². The average Bonchev–Trinajstić information content (AvgIpc) is 2.50. The second-order valence-corrected chi connectivity index (χ2v) is 5.00. The molecule has 21 heavy (non-hydrogen) atoms. The molecule has 2 nitrogen and oxygen atoms in total. The van der Waals surface area contributed by atoms with E-state index in [1.165, 1.54) is 6.07 Å². The molecule has 0 fully saturated rings. The Bertz CT molecular complexity index is 781. The molecule has 3 rings (SSSR count). The monoisotopic (exact) mass is 284 g/mol. The minimum Gasteiger partial charge on any atom is -0.324 e. The van der Waals surface area contributed by atoms with Gasteiger partial charge in [0.1, 0.15) is 0 Å². The molecule has 0 amide bonds. The fourth-order valence-corrected chi connectivity index (χ4v) is 2.49. The maximum atomic E-state index is 13.3. The van der Waals surface area contributed by atoms with Gasteiger partial charge in [-0.15, -0.1) is 0 Å². The van der Waals surface area contributed by atoms with E-state index in [0.29, 0.717) is 12.0 Å². The molecule has 2 N–H and O–H groups in total. The van der Waals surface area contributed by atoms with Gasteiger partial charge in [-0.25, -0.2) is 8.78 Å². The number of rotatable bonds is 3. The molecule has 4 heteroatoms. The van der Waals surface area contributed by atoms with Gasteiger partial charge in [0.25, 0.3) is 0 Å². The summed E-state index contributed by atoms with van der Waals surface area (Å²) in [5.74, 6) is -1.69. The van der Waals surface area contributed by atoms with Crippen LogP contribution in [-0.2, 0) is 6.42 Å². The summed E-state index contributed by atoms with van der Waals surface area (Å²) in [4.78, 5) is 4.12. The van der Waals surface area contributed by atoms with Crippen molar-refractivity contribution in [2.75, 3.05) is 0 Å². The van der Waals surface area contributed by atoms with Crippen LogP contribution >= 0.6 is 0 Å². The SMILES string of the molecule is NC(Cc1ccc(F)c(F)c1)c1cccc2ccncc12. The molecule has 0 spiro atoms. The van der Waals surface area contributed by atoms with Crippen molar-refractivity contribution in [1.82, 2.24) is 4.98 Å². The van der Waals surface area contributed by atoms with Crippen LogP contribution in [0.5, 0.6) is 0 Å². The van der Waals surface area contributed by atoms with Gasteiger partial charge in [-0.1, -0.05) is 24.3 Å². The Labute approximate surface area is 121 Å². The summed E-state index contributed by atoms with van der Waals surface area (Å²) in [7, 11) is 0. The first-order valence-corrected chi connectivity index (χ1v) is 6.67. The van der Waals surface area contributed by atoms with Gasteiger partial charge in [0, 0.05) is 23.8 Å². The molecule has 2 aromatic carbocycles. The quantitative estimate of drug-likeness (QED) is 0.795. The molecular formula is C17H14F2N2. The summed E-state index contributed by atoms with van der Waals surface area (Å²) in [5, 5.41) is 2.04. The van der Waals surface area contributed by atoms with Gasteiger partial charge in [0.05, 0.1) is 0 Å². The van der Waals surface area contributed by atoms with E-state index in [1.807, 2.05) is 24.3 Å². The van der Waals surface area contributed by atoms with Crippen LogP contribution in [0.1, 0.15) is 17.2 Å². The number of hydrogen-bond donors (Lipinski definition) is 1. The van der Waals surface area contributed by atoms with Crippen LogP contribution in [-0.4, -0.2) is 4.98 Å². The summed E-state index contributed by atoms with van der Waals surface area (Å²) >= 11 is 0. The van der Waals surface area contributed by atoms with E-state index < -0.39 is 11.6 Å². The molecule has 1 heterocycles. The number of fused-ring (bicyclic) bond motifs is 1. The topological polar surface area (TPSA) is 38.9 Å². The predicted octanol–water partition coefficient (Wildman–Crippen LogP) is 3.76. The second-order valence-electron chi connectivity index (χ2n) is 5.00. The Morgan fingerprint density at radius 3 is 2.71 bits per heavy atom. The zero-order valence-corrected chi connectivity index (χ0v) is 11.3. The number of halogens is 2. The van der Waals surface area contributed by atoms with E-state index in [9.17, 15) is 8.78 Å². The molecule has 0 saturated heterocycles. The van der Waals surface area contributed by atoms with Gasteiger partial charge in [-0.2, -0.15) is 0 Å². The minimum atomic E-state index is -0.848.